The van der Waals surface area contributed by atoms with Gasteiger partial charge in [0.25, 0.3) is 0 Å². The van der Waals surface area contributed by atoms with E-state index in [1.807, 2.05) is 34.2 Å². The predicted molar refractivity (Wildman–Crippen MR) is 107 cm³/mol. The van der Waals surface area contributed by atoms with E-state index in [0.717, 1.165) is 42.3 Å². The summed E-state index contributed by atoms with van der Waals surface area (Å²) in [6, 6.07) is 4.00. The van der Waals surface area contributed by atoms with Crippen LogP contribution in [0, 0.1) is 0 Å². The van der Waals surface area contributed by atoms with Crippen LogP contribution in [-0.4, -0.2) is 56.0 Å². The van der Waals surface area contributed by atoms with E-state index in [4.69, 9.17) is 0 Å². The molecule has 28 heavy (non-hydrogen) atoms. The van der Waals surface area contributed by atoms with E-state index in [-0.39, 0.29) is 17.9 Å². The van der Waals surface area contributed by atoms with Crippen molar-refractivity contribution in [2.24, 2.45) is 0 Å². The third-order valence-corrected chi connectivity index (χ3v) is 6.61. The number of carbonyl (C=O) groups is 2. The summed E-state index contributed by atoms with van der Waals surface area (Å²) in [4.78, 5) is 30.1. The standard InChI is InChI=1S/C20H27N5O2S/c1-2-18(26)24-9-4-3-7-16(24)20-22-21-17-8-10-23(11-12-25(17)20)19(27)14-15-6-5-13-28-15/h5-6,13,16H,2-4,7-12,14H2,1H3. The Morgan fingerprint density at radius 3 is 2.82 bits per heavy atom. The minimum Gasteiger partial charge on any atom is -0.340 e. The van der Waals surface area contributed by atoms with Gasteiger partial charge in [-0.2, -0.15) is 0 Å². The fraction of sp³-hybridized carbons (Fsp3) is 0.600. The van der Waals surface area contributed by atoms with Crippen LogP contribution in [0.5, 0.6) is 0 Å². The first-order valence-corrected chi connectivity index (χ1v) is 11.1. The monoisotopic (exact) mass is 401 g/mol. The van der Waals surface area contributed by atoms with E-state index in [1.165, 1.54) is 0 Å². The first kappa shape index (κ1) is 19.1. The maximum Gasteiger partial charge on any atom is 0.227 e. The number of aromatic nitrogens is 3. The molecule has 2 aliphatic heterocycles. The highest BCUT2D eigenvalue weighted by atomic mass is 32.1. The lowest BCUT2D eigenvalue weighted by Gasteiger charge is -2.35. The van der Waals surface area contributed by atoms with Gasteiger partial charge in [0, 0.05) is 43.9 Å². The average Bonchev–Trinajstić information content (AvgIpc) is 3.32. The lowest BCUT2D eigenvalue weighted by Crippen LogP contribution is -2.39. The average molecular weight is 402 g/mol. The maximum absolute atomic E-state index is 12.7. The van der Waals surface area contributed by atoms with Crippen molar-refractivity contribution in [3.63, 3.8) is 0 Å². The number of likely N-dealkylation sites (tertiary alicyclic amines) is 1. The van der Waals surface area contributed by atoms with Crippen molar-refractivity contribution in [1.29, 1.82) is 0 Å². The van der Waals surface area contributed by atoms with Crippen molar-refractivity contribution in [3.8, 4) is 0 Å². The Hall–Kier alpha value is -2.22. The summed E-state index contributed by atoms with van der Waals surface area (Å²) in [5, 5.41) is 10.9. The molecule has 0 aliphatic carbocycles. The van der Waals surface area contributed by atoms with Gasteiger partial charge >= 0.3 is 0 Å². The summed E-state index contributed by atoms with van der Waals surface area (Å²) < 4.78 is 2.16. The van der Waals surface area contributed by atoms with Gasteiger partial charge in [0.2, 0.25) is 11.8 Å². The third-order valence-electron chi connectivity index (χ3n) is 5.74. The van der Waals surface area contributed by atoms with Crippen LogP contribution in [-0.2, 0) is 29.0 Å². The number of amides is 2. The molecule has 1 unspecified atom stereocenters. The predicted octanol–water partition coefficient (Wildman–Crippen LogP) is 2.43. The van der Waals surface area contributed by atoms with Crippen molar-refractivity contribution in [1.82, 2.24) is 24.6 Å². The van der Waals surface area contributed by atoms with E-state index in [0.29, 0.717) is 38.9 Å². The van der Waals surface area contributed by atoms with E-state index in [9.17, 15) is 9.59 Å². The topological polar surface area (TPSA) is 71.3 Å². The van der Waals surface area contributed by atoms with Gasteiger partial charge < -0.3 is 14.4 Å². The fourth-order valence-corrected chi connectivity index (χ4v) is 4.91. The summed E-state index contributed by atoms with van der Waals surface area (Å²) in [5.74, 6) is 2.17. The largest absolute Gasteiger partial charge is 0.340 e. The molecular weight excluding hydrogens is 374 g/mol. The quantitative estimate of drug-likeness (QED) is 0.789. The number of rotatable bonds is 4. The molecule has 0 bridgehead atoms. The van der Waals surface area contributed by atoms with E-state index < -0.39 is 0 Å². The van der Waals surface area contributed by atoms with Gasteiger partial charge in [0.05, 0.1) is 12.5 Å². The van der Waals surface area contributed by atoms with Crippen molar-refractivity contribution in [3.05, 3.63) is 34.0 Å². The SMILES string of the molecule is CCC(=O)N1CCCCC1c1nnc2n1CCN(C(=O)Cc1cccs1)CC2. The molecule has 7 nitrogen and oxygen atoms in total. The molecule has 1 fully saturated rings. The van der Waals surface area contributed by atoms with Gasteiger partial charge in [-0.05, 0) is 30.7 Å². The molecule has 4 rings (SSSR count). The van der Waals surface area contributed by atoms with Crippen molar-refractivity contribution >= 4 is 23.2 Å². The maximum atomic E-state index is 12.7. The molecule has 2 aromatic rings. The van der Waals surface area contributed by atoms with Crippen LogP contribution < -0.4 is 0 Å². The van der Waals surface area contributed by atoms with Crippen LogP contribution >= 0.6 is 11.3 Å². The Balaban J connectivity index is 1.49. The lowest BCUT2D eigenvalue weighted by atomic mass is 10.0. The normalized spacial score (nSPS) is 20.0. The molecule has 2 aliphatic rings. The van der Waals surface area contributed by atoms with Crippen LogP contribution in [0.25, 0.3) is 0 Å². The van der Waals surface area contributed by atoms with Crippen LogP contribution in [0.2, 0.25) is 0 Å². The molecule has 0 N–H and O–H groups in total. The van der Waals surface area contributed by atoms with Crippen LogP contribution in [0.1, 0.15) is 55.2 Å². The van der Waals surface area contributed by atoms with Gasteiger partial charge in [0.15, 0.2) is 5.82 Å². The summed E-state index contributed by atoms with van der Waals surface area (Å²) >= 11 is 1.62. The highest BCUT2D eigenvalue weighted by Crippen LogP contribution is 2.31. The fourth-order valence-electron chi connectivity index (χ4n) is 4.22. The number of fused-ring (bicyclic) bond motifs is 1. The molecule has 150 valence electrons. The van der Waals surface area contributed by atoms with Crippen molar-refractivity contribution in [2.75, 3.05) is 19.6 Å². The second-order valence-electron chi connectivity index (χ2n) is 7.47. The smallest absolute Gasteiger partial charge is 0.227 e. The molecule has 8 heteroatoms. The van der Waals surface area contributed by atoms with E-state index in [1.54, 1.807) is 11.3 Å². The zero-order valence-electron chi connectivity index (χ0n) is 16.3. The number of nitrogens with zero attached hydrogens (tertiary/aromatic N) is 5. The summed E-state index contributed by atoms with van der Waals surface area (Å²) in [6.45, 7) is 4.74. The van der Waals surface area contributed by atoms with Gasteiger partial charge in [-0.1, -0.05) is 13.0 Å². The second-order valence-corrected chi connectivity index (χ2v) is 8.50. The zero-order chi connectivity index (χ0) is 19.5. The molecule has 1 saturated heterocycles. The van der Waals surface area contributed by atoms with Gasteiger partial charge in [-0.3, -0.25) is 9.59 Å². The molecule has 0 spiro atoms. The highest BCUT2D eigenvalue weighted by molar-refractivity contribution is 7.10. The van der Waals surface area contributed by atoms with Crippen molar-refractivity contribution in [2.45, 2.75) is 58.0 Å². The molecular formula is C20H27N5O2S. The first-order chi connectivity index (χ1) is 13.7. The Kier molecular flexibility index (Phi) is 5.75. The van der Waals surface area contributed by atoms with E-state index in [2.05, 4.69) is 14.8 Å². The summed E-state index contributed by atoms with van der Waals surface area (Å²) in [6.07, 6.45) is 4.78. The number of piperidine rings is 1. The number of hydrogen-bond acceptors (Lipinski definition) is 5. The minimum atomic E-state index is 0.0100. The minimum absolute atomic E-state index is 0.0100. The zero-order valence-corrected chi connectivity index (χ0v) is 17.2. The highest BCUT2D eigenvalue weighted by Gasteiger charge is 2.32. The Labute approximate surface area is 169 Å². The molecule has 0 saturated carbocycles. The van der Waals surface area contributed by atoms with Crippen molar-refractivity contribution < 1.29 is 9.59 Å². The molecule has 0 radical (unpaired) electrons. The molecule has 2 aromatic heterocycles. The number of thiophene rings is 1. The molecule has 1 atom stereocenters. The van der Waals surface area contributed by atoms with Crippen LogP contribution in [0.3, 0.4) is 0 Å². The third kappa shape index (κ3) is 3.83. The summed E-state index contributed by atoms with van der Waals surface area (Å²) in [5.41, 5.74) is 0. The van der Waals surface area contributed by atoms with E-state index >= 15 is 0 Å². The first-order valence-electron chi connectivity index (χ1n) is 10.2. The Morgan fingerprint density at radius 1 is 1.14 bits per heavy atom. The number of hydrogen-bond donors (Lipinski definition) is 0. The van der Waals surface area contributed by atoms with Gasteiger partial charge in [0.1, 0.15) is 5.82 Å². The van der Waals surface area contributed by atoms with Gasteiger partial charge in [-0.25, -0.2) is 0 Å². The molecule has 2 amide bonds. The lowest BCUT2D eigenvalue weighted by molar-refractivity contribution is -0.135. The molecule has 4 heterocycles. The Morgan fingerprint density at radius 2 is 2.04 bits per heavy atom. The Bertz CT molecular complexity index is 832. The summed E-state index contributed by atoms with van der Waals surface area (Å²) in [7, 11) is 0. The van der Waals surface area contributed by atoms with Crippen LogP contribution in [0.4, 0.5) is 0 Å². The number of carbonyl (C=O) groups excluding carboxylic acids is 2. The molecule has 0 aromatic carbocycles. The van der Waals surface area contributed by atoms with Gasteiger partial charge in [-0.15, -0.1) is 21.5 Å². The van der Waals surface area contributed by atoms with Crippen LogP contribution in [0.15, 0.2) is 17.5 Å². The second kappa shape index (κ2) is 8.43.